The van der Waals surface area contributed by atoms with Crippen molar-refractivity contribution in [1.29, 1.82) is 0 Å². The lowest BCUT2D eigenvalue weighted by atomic mass is 10.1. The SMILES string of the molecule is CC.CCOc1ccc(-c2cccc(C(C)=O)n2)cc1. The average molecular weight is 271 g/mol. The molecular weight excluding hydrogens is 250 g/mol. The molecule has 3 heteroatoms. The lowest BCUT2D eigenvalue weighted by molar-refractivity contribution is 0.101. The van der Waals surface area contributed by atoms with E-state index in [1.165, 1.54) is 6.92 Å². The van der Waals surface area contributed by atoms with Crippen LogP contribution in [0.5, 0.6) is 5.75 Å². The van der Waals surface area contributed by atoms with Gasteiger partial charge in [-0.15, -0.1) is 0 Å². The standard InChI is InChI=1S/C15H15NO2.C2H6/c1-3-18-13-9-7-12(8-10-13)15-6-4-5-14(16-15)11(2)17;1-2/h4-10H,3H2,1-2H3;1-2H3. The first-order valence-corrected chi connectivity index (χ1v) is 6.92. The molecule has 1 heterocycles. The fourth-order valence-corrected chi connectivity index (χ4v) is 1.68. The van der Waals surface area contributed by atoms with E-state index in [2.05, 4.69) is 4.98 Å². The third kappa shape index (κ3) is 4.19. The normalized spacial score (nSPS) is 9.40. The van der Waals surface area contributed by atoms with E-state index in [-0.39, 0.29) is 5.78 Å². The number of carbonyl (C=O) groups excluding carboxylic acids is 1. The van der Waals surface area contributed by atoms with Gasteiger partial charge < -0.3 is 4.74 Å². The van der Waals surface area contributed by atoms with E-state index < -0.39 is 0 Å². The molecule has 0 bridgehead atoms. The quantitative estimate of drug-likeness (QED) is 0.775. The van der Waals surface area contributed by atoms with Gasteiger partial charge in [-0.2, -0.15) is 0 Å². The monoisotopic (exact) mass is 271 g/mol. The first-order valence-electron chi connectivity index (χ1n) is 6.92. The molecule has 2 aromatic rings. The van der Waals surface area contributed by atoms with E-state index in [0.717, 1.165) is 17.0 Å². The summed E-state index contributed by atoms with van der Waals surface area (Å²) < 4.78 is 5.38. The number of nitrogens with zero attached hydrogens (tertiary/aromatic N) is 1. The maximum Gasteiger partial charge on any atom is 0.178 e. The minimum absolute atomic E-state index is 0.0252. The number of rotatable bonds is 4. The van der Waals surface area contributed by atoms with E-state index in [0.29, 0.717) is 12.3 Å². The van der Waals surface area contributed by atoms with Crippen LogP contribution in [-0.4, -0.2) is 17.4 Å². The largest absolute Gasteiger partial charge is 0.494 e. The van der Waals surface area contributed by atoms with Crippen molar-refractivity contribution in [2.24, 2.45) is 0 Å². The van der Waals surface area contributed by atoms with Crippen molar-refractivity contribution in [3.63, 3.8) is 0 Å². The van der Waals surface area contributed by atoms with E-state index in [1.807, 2.05) is 57.2 Å². The molecule has 0 radical (unpaired) electrons. The Kier molecular flexibility index (Phi) is 6.44. The number of ether oxygens (including phenoxy) is 1. The van der Waals surface area contributed by atoms with Crippen LogP contribution in [-0.2, 0) is 0 Å². The van der Waals surface area contributed by atoms with Gasteiger partial charge in [0.2, 0.25) is 0 Å². The molecule has 0 fully saturated rings. The number of pyridine rings is 1. The van der Waals surface area contributed by atoms with Crippen LogP contribution in [0, 0.1) is 0 Å². The van der Waals surface area contributed by atoms with Crippen LogP contribution < -0.4 is 4.74 Å². The maximum absolute atomic E-state index is 11.3. The summed E-state index contributed by atoms with van der Waals surface area (Å²) in [5.74, 6) is 0.812. The first kappa shape index (κ1) is 15.9. The minimum atomic E-state index is -0.0252. The van der Waals surface area contributed by atoms with Crippen molar-refractivity contribution in [1.82, 2.24) is 4.98 Å². The Balaban J connectivity index is 0.000000956. The van der Waals surface area contributed by atoms with E-state index in [1.54, 1.807) is 6.07 Å². The zero-order chi connectivity index (χ0) is 15.0. The molecule has 0 N–H and O–H groups in total. The molecule has 0 aliphatic heterocycles. The van der Waals surface area contributed by atoms with Crippen LogP contribution >= 0.6 is 0 Å². The summed E-state index contributed by atoms with van der Waals surface area (Å²) in [6, 6.07) is 13.1. The highest BCUT2D eigenvalue weighted by atomic mass is 16.5. The van der Waals surface area contributed by atoms with Crippen LogP contribution in [0.15, 0.2) is 42.5 Å². The topological polar surface area (TPSA) is 39.2 Å². The zero-order valence-electron chi connectivity index (χ0n) is 12.5. The Labute approximate surface area is 120 Å². The molecule has 106 valence electrons. The van der Waals surface area contributed by atoms with E-state index in [4.69, 9.17) is 4.74 Å². The smallest absolute Gasteiger partial charge is 0.178 e. The van der Waals surface area contributed by atoms with Crippen molar-refractivity contribution < 1.29 is 9.53 Å². The fraction of sp³-hybridized carbons (Fsp3) is 0.294. The second-order valence-corrected chi connectivity index (χ2v) is 3.92. The van der Waals surface area contributed by atoms with Gasteiger partial charge in [-0.1, -0.05) is 19.9 Å². The van der Waals surface area contributed by atoms with Gasteiger partial charge in [-0.3, -0.25) is 4.79 Å². The molecule has 3 nitrogen and oxygen atoms in total. The number of carbonyl (C=O) groups is 1. The molecule has 1 aromatic heterocycles. The van der Waals surface area contributed by atoms with Crippen molar-refractivity contribution in [3.05, 3.63) is 48.2 Å². The molecule has 0 aliphatic carbocycles. The molecular formula is C17H21NO2. The van der Waals surface area contributed by atoms with E-state index >= 15 is 0 Å². The summed E-state index contributed by atoms with van der Waals surface area (Å²) in [7, 11) is 0. The predicted octanol–water partition coefficient (Wildman–Crippen LogP) is 4.38. The Morgan fingerprint density at radius 3 is 2.30 bits per heavy atom. The van der Waals surface area contributed by atoms with Crippen LogP contribution in [0.4, 0.5) is 0 Å². The molecule has 0 spiro atoms. The molecule has 0 atom stereocenters. The third-order valence-corrected chi connectivity index (χ3v) is 2.57. The van der Waals surface area contributed by atoms with Gasteiger partial charge in [0.1, 0.15) is 11.4 Å². The van der Waals surface area contributed by atoms with Crippen LogP contribution in [0.25, 0.3) is 11.3 Å². The second-order valence-electron chi connectivity index (χ2n) is 3.92. The predicted molar refractivity (Wildman–Crippen MR) is 82.2 cm³/mol. The van der Waals surface area contributed by atoms with Crippen molar-refractivity contribution in [2.45, 2.75) is 27.7 Å². The Hall–Kier alpha value is -2.16. The number of hydrogen-bond acceptors (Lipinski definition) is 3. The summed E-state index contributed by atoms with van der Waals surface area (Å²) in [6.07, 6.45) is 0. The average Bonchev–Trinajstić information content (AvgIpc) is 2.50. The Morgan fingerprint density at radius 1 is 1.10 bits per heavy atom. The Morgan fingerprint density at radius 2 is 1.75 bits per heavy atom. The molecule has 1 aromatic carbocycles. The van der Waals surface area contributed by atoms with Gasteiger partial charge in [0, 0.05) is 12.5 Å². The minimum Gasteiger partial charge on any atom is -0.494 e. The molecule has 2 rings (SSSR count). The van der Waals surface area contributed by atoms with Gasteiger partial charge >= 0.3 is 0 Å². The van der Waals surface area contributed by atoms with Gasteiger partial charge in [0.15, 0.2) is 5.78 Å². The summed E-state index contributed by atoms with van der Waals surface area (Å²) in [6.45, 7) is 8.12. The zero-order valence-corrected chi connectivity index (χ0v) is 12.5. The van der Waals surface area contributed by atoms with Crippen molar-refractivity contribution in [2.75, 3.05) is 6.61 Å². The molecule has 0 unspecified atom stereocenters. The number of benzene rings is 1. The summed E-state index contributed by atoms with van der Waals surface area (Å²) in [4.78, 5) is 15.6. The second kappa shape index (κ2) is 8.10. The lowest BCUT2D eigenvalue weighted by Crippen LogP contribution is -1.97. The van der Waals surface area contributed by atoms with Crippen LogP contribution in [0.1, 0.15) is 38.2 Å². The third-order valence-electron chi connectivity index (χ3n) is 2.57. The van der Waals surface area contributed by atoms with E-state index in [9.17, 15) is 4.79 Å². The van der Waals surface area contributed by atoms with Gasteiger partial charge in [-0.05, 0) is 43.3 Å². The fourth-order valence-electron chi connectivity index (χ4n) is 1.68. The van der Waals surface area contributed by atoms with Crippen molar-refractivity contribution in [3.8, 4) is 17.0 Å². The molecule has 0 amide bonds. The highest BCUT2D eigenvalue weighted by Crippen LogP contribution is 2.21. The number of Topliss-reactive ketones (excluding diaryl/α,β-unsaturated/α-hetero) is 1. The number of aromatic nitrogens is 1. The molecule has 0 aliphatic rings. The Bertz CT molecular complexity index is 547. The van der Waals surface area contributed by atoms with Crippen LogP contribution in [0.3, 0.4) is 0 Å². The summed E-state index contributed by atoms with van der Waals surface area (Å²) in [5, 5.41) is 0. The highest BCUT2D eigenvalue weighted by Gasteiger charge is 2.04. The summed E-state index contributed by atoms with van der Waals surface area (Å²) >= 11 is 0. The lowest BCUT2D eigenvalue weighted by Gasteiger charge is -2.05. The number of hydrogen-bond donors (Lipinski definition) is 0. The van der Waals surface area contributed by atoms with Gasteiger partial charge in [0.05, 0.1) is 12.3 Å². The first-order chi connectivity index (χ1) is 9.70. The van der Waals surface area contributed by atoms with Crippen LogP contribution in [0.2, 0.25) is 0 Å². The van der Waals surface area contributed by atoms with Gasteiger partial charge in [0.25, 0.3) is 0 Å². The maximum atomic E-state index is 11.3. The molecule has 20 heavy (non-hydrogen) atoms. The molecule has 0 saturated carbocycles. The summed E-state index contributed by atoms with van der Waals surface area (Å²) in [5.41, 5.74) is 2.26. The van der Waals surface area contributed by atoms with Gasteiger partial charge in [-0.25, -0.2) is 4.98 Å². The van der Waals surface area contributed by atoms with Crippen molar-refractivity contribution >= 4 is 5.78 Å². The number of ketones is 1. The molecule has 0 saturated heterocycles. The highest BCUT2D eigenvalue weighted by molar-refractivity contribution is 5.92.